The van der Waals surface area contributed by atoms with E-state index in [9.17, 15) is 9.18 Å². The average Bonchev–Trinajstić information content (AvgIpc) is 2.56. The molecule has 1 fully saturated rings. The van der Waals surface area contributed by atoms with Crippen LogP contribution in [-0.2, 0) is 11.3 Å². The summed E-state index contributed by atoms with van der Waals surface area (Å²) in [6.07, 6.45) is 0.567. The second kappa shape index (κ2) is 5.02. The molecule has 96 valence electrons. The Bertz CT molecular complexity index is 504. The molecule has 5 heteroatoms. The van der Waals surface area contributed by atoms with Gasteiger partial charge in [0.2, 0.25) is 5.91 Å². The van der Waals surface area contributed by atoms with Crippen LogP contribution in [0.3, 0.4) is 0 Å². The molecule has 1 saturated heterocycles. The molecule has 2 N–H and O–H groups in total. The van der Waals surface area contributed by atoms with Gasteiger partial charge in [0.15, 0.2) is 0 Å². The summed E-state index contributed by atoms with van der Waals surface area (Å²) in [6, 6.07) is 4.46. The van der Waals surface area contributed by atoms with Gasteiger partial charge in [-0.1, -0.05) is 19.1 Å². The van der Waals surface area contributed by atoms with E-state index in [1.165, 1.54) is 12.1 Å². The number of nitrogens with zero attached hydrogens (tertiary/aromatic N) is 1. The van der Waals surface area contributed by atoms with E-state index in [-0.39, 0.29) is 16.7 Å². The summed E-state index contributed by atoms with van der Waals surface area (Å²) in [4.78, 5) is 13.6. The first kappa shape index (κ1) is 13.0. The van der Waals surface area contributed by atoms with Gasteiger partial charge in [-0.2, -0.15) is 0 Å². The number of likely N-dealkylation sites (tertiary alicyclic amines) is 1. The van der Waals surface area contributed by atoms with Gasteiger partial charge in [0, 0.05) is 25.1 Å². The van der Waals surface area contributed by atoms with Crippen molar-refractivity contribution in [3.63, 3.8) is 0 Å². The zero-order valence-electron chi connectivity index (χ0n) is 10.1. The first-order valence-electron chi connectivity index (χ1n) is 5.82. The number of rotatable bonds is 3. The molecule has 1 unspecified atom stereocenters. The van der Waals surface area contributed by atoms with Gasteiger partial charge in [0.05, 0.1) is 0 Å². The van der Waals surface area contributed by atoms with Crippen LogP contribution < -0.4 is 5.73 Å². The third-order valence-electron chi connectivity index (χ3n) is 3.02. The highest BCUT2D eigenvalue weighted by molar-refractivity contribution is 7.80. The second-order valence-electron chi connectivity index (χ2n) is 4.80. The number of nitrogens with two attached hydrogens (primary N) is 1. The zero-order chi connectivity index (χ0) is 13.3. The van der Waals surface area contributed by atoms with E-state index in [1.807, 2.05) is 6.92 Å². The molecule has 0 radical (unpaired) electrons. The molecule has 0 aromatic heterocycles. The number of hydrogen-bond donors (Lipinski definition) is 1. The van der Waals surface area contributed by atoms with Crippen molar-refractivity contribution >= 4 is 23.1 Å². The largest absolute Gasteiger partial charge is 0.389 e. The van der Waals surface area contributed by atoms with Crippen molar-refractivity contribution in [2.24, 2.45) is 11.7 Å². The van der Waals surface area contributed by atoms with Crippen molar-refractivity contribution in [2.75, 3.05) is 6.54 Å². The average molecular weight is 266 g/mol. The number of thiocarbonyl (C=S) groups is 1. The third kappa shape index (κ3) is 2.85. The third-order valence-corrected chi connectivity index (χ3v) is 3.26. The molecule has 2 rings (SSSR count). The summed E-state index contributed by atoms with van der Waals surface area (Å²) < 4.78 is 13.4. The second-order valence-corrected chi connectivity index (χ2v) is 5.24. The van der Waals surface area contributed by atoms with Crippen molar-refractivity contribution in [3.05, 3.63) is 35.1 Å². The topological polar surface area (TPSA) is 46.3 Å². The SMILES string of the molecule is CC1CC(=O)N(Cc2cc(F)cc(C(N)=S)c2)C1. The fourth-order valence-electron chi connectivity index (χ4n) is 2.23. The Labute approximate surface area is 111 Å². The van der Waals surface area contributed by atoms with Gasteiger partial charge < -0.3 is 10.6 Å². The van der Waals surface area contributed by atoms with E-state index in [4.69, 9.17) is 18.0 Å². The Morgan fingerprint density at radius 3 is 2.83 bits per heavy atom. The quantitative estimate of drug-likeness (QED) is 0.849. The van der Waals surface area contributed by atoms with Gasteiger partial charge in [0.25, 0.3) is 0 Å². The van der Waals surface area contributed by atoms with Crippen LogP contribution in [0.2, 0.25) is 0 Å². The number of halogens is 1. The van der Waals surface area contributed by atoms with Crippen LogP contribution in [0.25, 0.3) is 0 Å². The van der Waals surface area contributed by atoms with E-state index in [1.54, 1.807) is 11.0 Å². The van der Waals surface area contributed by atoms with Crippen LogP contribution in [0.4, 0.5) is 4.39 Å². The van der Waals surface area contributed by atoms with Crippen LogP contribution in [0.15, 0.2) is 18.2 Å². The van der Waals surface area contributed by atoms with Gasteiger partial charge in [0.1, 0.15) is 10.8 Å². The lowest BCUT2D eigenvalue weighted by Gasteiger charge is -2.16. The van der Waals surface area contributed by atoms with Crippen molar-refractivity contribution in [3.8, 4) is 0 Å². The van der Waals surface area contributed by atoms with E-state index in [0.717, 1.165) is 12.1 Å². The molecule has 1 aliphatic heterocycles. The van der Waals surface area contributed by atoms with Gasteiger partial charge in [-0.3, -0.25) is 4.79 Å². The maximum absolute atomic E-state index is 13.4. The van der Waals surface area contributed by atoms with E-state index < -0.39 is 0 Å². The standard InChI is InChI=1S/C13H15FN2OS/c1-8-2-12(17)16(6-8)7-9-3-10(13(15)18)5-11(14)4-9/h3-5,8H,2,6-7H2,1H3,(H2,15,18). The minimum absolute atomic E-state index is 0.114. The molecule has 0 spiro atoms. The summed E-state index contributed by atoms with van der Waals surface area (Å²) in [5.41, 5.74) is 6.72. The molecule has 0 bridgehead atoms. The van der Waals surface area contributed by atoms with E-state index >= 15 is 0 Å². The molecule has 18 heavy (non-hydrogen) atoms. The van der Waals surface area contributed by atoms with Gasteiger partial charge in [-0.25, -0.2) is 4.39 Å². The molecule has 0 saturated carbocycles. The van der Waals surface area contributed by atoms with Crippen molar-refractivity contribution < 1.29 is 9.18 Å². The predicted molar refractivity (Wildman–Crippen MR) is 71.5 cm³/mol. The lowest BCUT2D eigenvalue weighted by atomic mass is 10.1. The number of carbonyl (C=O) groups excluding carboxylic acids is 1. The zero-order valence-corrected chi connectivity index (χ0v) is 11.0. The summed E-state index contributed by atoms with van der Waals surface area (Å²) in [6.45, 7) is 3.16. The summed E-state index contributed by atoms with van der Waals surface area (Å²) in [7, 11) is 0. The van der Waals surface area contributed by atoms with Crippen molar-refractivity contribution in [1.82, 2.24) is 4.90 Å². The van der Waals surface area contributed by atoms with Gasteiger partial charge in [-0.05, 0) is 29.7 Å². The highest BCUT2D eigenvalue weighted by atomic mass is 32.1. The van der Waals surface area contributed by atoms with E-state index in [0.29, 0.717) is 24.4 Å². The van der Waals surface area contributed by atoms with Crippen LogP contribution >= 0.6 is 12.2 Å². The maximum atomic E-state index is 13.4. The fraction of sp³-hybridized carbons (Fsp3) is 0.385. The fourth-order valence-corrected chi connectivity index (χ4v) is 2.34. The predicted octanol–water partition coefficient (Wildman–Crippen LogP) is 1.83. The summed E-state index contributed by atoms with van der Waals surface area (Å²) >= 11 is 4.84. The van der Waals surface area contributed by atoms with Gasteiger partial charge >= 0.3 is 0 Å². The molecule has 1 aliphatic rings. The molecule has 1 amide bonds. The van der Waals surface area contributed by atoms with Crippen LogP contribution in [0.1, 0.15) is 24.5 Å². The highest BCUT2D eigenvalue weighted by Crippen LogP contribution is 2.20. The summed E-state index contributed by atoms with van der Waals surface area (Å²) in [5.74, 6) is 0.0970. The minimum atomic E-state index is -0.380. The molecule has 1 aromatic carbocycles. The van der Waals surface area contributed by atoms with Crippen LogP contribution in [-0.4, -0.2) is 22.3 Å². The molecule has 0 aliphatic carbocycles. The van der Waals surface area contributed by atoms with Crippen LogP contribution in [0.5, 0.6) is 0 Å². The molecular weight excluding hydrogens is 251 g/mol. The molecular formula is C13H15FN2OS. The normalized spacial score (nSPS) is 19.3. The summed E-state index contributed by atoms with van der Waals surface area (Å²) in [5, 5.41) is 0. The smallest absolute Gasteiger partial charge is 0.223 e. The number of hydrogen-bond acceptors (Lipinski definition) is 2. The molecule has 1 aromatic rings. The van der Waals surface area contributed by atoms with Crippen molar-refractivity contribution in [1.29, 1.82) is 0 Å². The molecule has 3 nitrogen and oxygen atoms in total. The number of benzene rings is 1. The number of amides is 1. The Balaban J connectivity index is 2.19. The monoisotopic (exact) mass is 266 g/mol. The van der Waals surface area contributed by atoms with E-state index in [2.05, 4.69) is 0 Å². The van der Waals surface area contributed by atoms with Crippen LogP contribution in [0, 0.1) is 11.7 Å². The minimum Gasteiger partial charge on any atom is -0.389 e. The molecule has 1 atom stereocenters. The lowest BCUT2D eigenvalue weighted by molar-refractivity contribution is -0.128. The first-order chi connectivity index (χ1) is 8.45. The maximum Gasteiger partial charge on any atom is 0.223 e. The Kier molecular flexibility index (Phi) is 3.61. The Morgan fingerprint density at radius 1 is 1.56 bits per heavy atom. The number of carbonyl (C=O) groups is 1. The first-order valence-corrected chi connectivity index (χ1v) is 6.23. The Morgan fingerprint density at radius 2 is 2.28 bits per heavy atom. The molecule has 1 heterocycles. The highest BCUT2D eigenvalue weighted by Gasteiger charge is 2.26. The van der Waals surface area contributed by atoms with Crippen molar-refractivity contribution in [2.45, 2.75) is 19.9 Å². The lowest BCUT2D eigenvalue weighted by Crippen LogP contribution is -2.24. The van der Waals surface area contributed by atoms with Gasteiger partial charge in [-0.15, -0.1) is 0 Å². The Hall–Kier alpha value is -1.49.